The smallest absolute Gasteiger partial charge is 0.230 e. The van der Waals surface area contributed by atoms with E-state index in [1.54, 1.807) is 6.92 Å². The summed E-state index contributed by atoms with van der Waals surface area (Å²) in [7, 11) is 0. The van der Waals surface area contributed by atoms with Crippen molar-refractivity contribution in [1.82, 2.24) is 5.32 Å². The summed E-state index contributed by atoms with van der Waals surface area (Å²) >= 11 is 0. The molecule has 1 fully saturated rings. The van der Waals surface area contributed by atoms with E-state index in [2.05, 4.69) is 24.3 Å². The van der Waals surface area contributed by atoms with Crippen LogP contribution in [0, 0.1) is 11.3 Å². The minimum absolute atomic E-state index is 0.0453. The van der Waals surface area contributed by atoms with Gasteiger partial charge in [0.05, 0.1) is 5.92 Å². The second-order valence-corrected chi connectivity index (χ2v) is 5.54. The van der Waals surface area contributed by atoms with Gasteiger partial charge in [0.2, 0.25) is 5.91 Å². The second kappa shape index (κ2) is 5.38. The molecule has 1 saturated carbocycles. The lowest BCUT2D eigenvalue weighted by molar-refractivity contribution is -0.124. The van der Waals surface area contributed by atoms with Crippen LogP contribution in [0.3, 0.4) is 0 Å². The van der Waals surface area contributed by atoms with E-state index >= 15 is 0 Å². The molecule has 0 spiro atoms. The van der Waals surface area contributed by atoms with E-state index in [0.29, 0.717) is 0 Å². The molecule has 0 aromatic carbocycles. The molecule has 0 bridgehead atoms. The summed E-state index contributed by atoms with van der Waals surface area (Å²) in [6, 6.07) is 0.178. The molecule has 0 heterocycles. The largest absolute Gasteiger partial charge is 0.409 e. The molecule has 1 amide bonds. The Bertz CT molecular complexity index is 313. The minimum Gasteiger partial charge on any atom is -0.409 e. The van der Waals surface area contributed by atoms with E-state index < -0.39 is 5.92 Å². The van der Waals surface area contributed by atoms with Crippen molar-refractivity contribution in [1.29, 1.82) is 0 Å². The SMILES string of the molecule is CC(C(=O)NC1CCCCC1(C)C)/C(N)=N/O. The van der Waals surface area contributed by atoms with Gasteiger partial charge in [-0.2, -0.15) is 0 Å². The highest BCUT2D eigenvalue weighted by atomic mass is 16.4. The van der Waals surface area contributed by atoms with Crippen LogP contribution < -0.4 is 11.1 Å². The zero-order valence-corrected chi connectivity index (χ0v) is 10.9. The molecule has 5 heteroatoms. The summed E-state index contributed by atoms with van der Waals surface area (Å²) in [6.07, 6.45) is 4.49. The van der Waals surface area contributed by atoms with Gasteiger partial charge in [-0.15, -0.1) is 0 Å². The number of hydrogen-bond donors (Lipinski definition) is 3. The first-order valence-electron chi connectivity index (χ1n) is 6.16. The molecule has 1 rings (SSSR count). The van der Waals surface area contributed by atoms with E-state index in [1.165, 1.54) is 6.42 Å². The van der Waals surface area contributed by atoms with Crippen LogP contribution in [-0.4, -0.2) is 23.0 Å². The Balaban J connectivity index is 2.61. The van der Waals surface area contributed by atoms with Crippen LogP contribution in [0.25, 0.3) is 0 Å². The Morgan fingerprint density at radius 3 is 2.71 bits per heavy atom. The molecule has 98 valence electrons. The number of nitrogens with zero attached hydrogens (tertiary/aromatic N) is 1. The third kappa shape index (κ3) is 3.35. The third-order valence-corrected chi connectivity index (χ3v) is 3.78. The average Bonchev–Trinajstić information content (AvgIpc) is 2.29. The fourth-order valence-corrected chi connectivity index (χ4v) is 2.28. The zero-order valence-electron chi connectivity index (χ0n) is 10.9. The van der Waals surface area contributed by atoms with Crippen LogP contribution in [0.4, 0.5) is 0 Å². The molecular weight excluding hydrogens is 218 g/mol. The first-order chi connectivity index (χ1) is 7.88. The Labute approximate surface area is 102 Å². The average molecular weight is 241 g/mol. The predicted octanol–water partition coefficient (Wildman–Crippen LogP) is 1.45. The van der Waals surface area contributed by atoms with Crippen LogP contribution in [0.15, 0.2) is 5.16 Å². The molecule has 0 aromatic rings. The molecular formula is C12H23N3O2. The number of carbonyl (C=O) groups excluding carboxylic acids is 1. The number of nitrogens with two attached hydrogens (primary N) is 1. The van der Waals surface area contributed by atoms with Gasteiger partial charge in [0.1, 0.15) is 0 Å². The van der Waals surface area contributed by atoms with Crippen molar-refractivity contribution < 1.29 is 10.0 Å². The highest BCUT2D eigenvalue weighted by Crippen LogP contribution is 2.35. The summed E-state index contributed by atoms with van der Waals surface area (Å²) in [5, 5.41) is 14.4. The number of nitrogens with one attached hydrogen (secondary N) is 1. The van der Waals surface area contributed by atoms with Gasteiger partial charge in [0.15, 0.2) is 5.84 Å². The highest BCUT2D eigenvalue weighted by Gasteiger charge is 2.34. The highest BCUT2D eigenvalue weighted by molar-refractivity contribution is 6.01. The van der Waals surface area contributed by atoms with Crippen molar-refractivity contribution in [3.8, 4) is 0 Å². The number of amidine groups is 1. The van der Waals surface area contributed by atoms with E-state index in [9.17, 15) is 4.79 Å². The van der Waals surface area contributed by atoms with E-state index in [1.807, 2.05) is 0 Å². The summed E-state index contributed by atoms with van der Waals surface area (Å²) in [6.45, 7) is 5.98. The molecule has 0 aliphatic heterocycles. The van der Waals surface area contributed by atoms with Gasteiger partial charge in [0, 0.05) is 6.04 Å². The summed E-state index contributed by atoms with van der Waals surface area (Å²) in [5.74, 6) is -0.797. The standard InChI is InChI=1S/C12H23N3O2/c1-8(10(13)15-17)11(16)14-9-6-4-5-7-12(9,2)3/h8-9,17H,4-7H2,1-3H3,(H2,13,15)(H,14,16). The minimum atomic E-state index is -0.585. The molecule has 1 aliphatic rings. The number of rotatable bonds is 3. The molecule has 4 N–H and O–H groups in total. The van der Waals surface area contributed by atoms with Gasteiger partial charge in [-0.3, -0.25) is 4.79 Å². The van der Waals surface area contributed by atoms with E-state index in [4.69, 9.17) is 10.9 Å². The van der Waals surface area contributed by atoms with Gasteiger partial charge in [-0.05, 0) is 25.2 Å². The Hall–Kier alpha value is -1.26. The fourth-order valence-electron chi connectivity index (χ4n) is 2.28. The number of carbonyl (C=O) groups is 1. The molecule has 1 aliphatic carbocycles. The lowest BCUT2D eigenvalue weighted by atomic mass is 9.73. The number of amides is 1. The monoisotopic (exact) mass is 241 g/mol. The van der Waals surface area contributed by atoms with Gasteiger partial charge in [-0.25, -0.2) is 0 Å². The molecule has 5 nitrogen and oxygen atoms in total. The van der Waals surface area contributed by atoms with Crippen molar-refractivity contribution in [3.05, 3.63) is 0 Å². The van der Waals surface area contributed by atoms with Crippen molar-refractivity contribution in [2.45, 2.75) is 52.5 Å². The zero-order chi connectivity index (χ0) is 13.1. The van der Waals surface area contributed by atoms with Crippen molar-refractivity contribution in [2.75, 3.05) is 0 Å². The van der Waals surface area contributed by atoms with Crippen molar-refractivity contribution >= 4 is 11.7 Å². The number of hydrogen-bond acceptors (Lipinski definition) is 3. The lowest BCUT2D eigenvalue weighted by Gasteiger charge is -2.39. The molecule has 0 aromatic heterocycles. The quantitative estimate of drug-likeness (QED) is 0.302. The van der Waals surface area contributed by atoms with Crippen LogP contribution in [0.2, 0.25) is 0 Å². The molecule has 0 saturated heterocycles. The third-order valence-electron chi connectivity index (χ3n) is 3.78. The summed E-state index contributed by atoms with van der Waals surface area (Å²) in [5.41, 5.74) is 5.55. The lowest BCUT2D eigenvalue weighted by Crippen LogP contribution is -2.50. The van der Waals surface area contributed by atoms with Crippen molar-refractivity contribution in [3.63, 3.8) is 0 Å². The second-order valence-electron chi connectivity index (χ2n) is 5.54. The van der Waals surface area contributed by atoms with Gasteiger partial charge in [-0.1, -0.05) is 31.8 Å². The first-order valence-corrected chi connectivity index (χ1v) is 6.16. The maximum atomic E-state index is 11.9. The first kappa shape index (κ1) is 13.8. The van der Waals surface area contributed by atoms with Crippen LogP contribution >= 0.6 is 0 Å². The molecule has 0 radical (unpaired) electrons. The van der Waals surface area contributed by atoms with Gasteiger partial charge < -0.3 is 16.3 Å². The number of oxime groups is 1. The maximum absolute atomic E-state index is 11.9. The normalized spacial score (nSPS) is 26.3. The van der Waals surface area contributed by atoms with Gasteiger partial charge >= 0.3 is 0 Å². The Kier molecular flexibility index (Phi) is 4.37. The molecule has 2 atom stereocenters. The van der Waals surface area contributed by atoms with Crippen LogP contribution in [0.1, 0.15) is 46.5 Å². The predicted molar refractivity (Wildman–Crippen MR) is 66.8 cm³/mol. The van der Waals surface area contributed by atoms with Crippen LogP contribution in [-0.2, 0) is 4.79 Å². The van der Waals surface area contributed by atoms with E-state index in [0.717, 1.165) is 19.3 Å². The van der Waals surface area contributed by atoms with Gasteiger partial charge in [0.25, 0.3) is 0 Å². The fraction of sp³-hybridized carbons (Fsp3) is 0.833. The summed E-state index contributed by atoms with van der Waals surface area (Å²) in [4.78, 5) is 11.9. The van der Waals surface area contributed by atoms with Crippen LogP contribution in [0.5, 0.6) is 0 Å². The summed E-state index contributed by atoms with van der Waals surface area (Å²) < 4.78 is 0. The Morgan fingerprint density at radius 1 is 1.53 bits per heavy atom. The molecule has 17 heavy (non-hydrogen) atoms. The Morgan fingerprint density at radius 2 is 2.18 bits per heavy atom. The van der Waals surface area contributed by atoms with E-state index in [-0.39, 0.29) is 23.2 Å². The maximum Gasteiger partial charge on any atom is 0.230 e. The topological polar surface area (TPSA) is 87.7 Å². The molecule has 2 unspecified atom stereocenters. The van der Waals surface area contributed by atoms with Crippen molar-refractivity contribution in [2.24, 2.45) is 22.2 Å².